The molecular weight excluding hydrogens is 322 g/mol. The maximum absolute atomic E-state index is 12.5. The topological polar surface area (TPSA) is 69.2 Å². The van der Waals surface area contributed by atoms with Crippen LogP contribution in [0.25, 0.3) is 10.2 Å². The molecule has 0 amide bonds. The lowest BCUT2D eigenvalue weighted by molar-refractivity contribution is 0.117. The Morgan fingerprint density at radius 2 is 2.12 bits per heavy atom. The Morgan fingerprint density at radius 3 is 2.83 bits per heavy atom. The van der Waals surface area contributed by atoms with E-state index in [0.717, 1.165) is 42.4 Å². The third-order valence-corrected chi connectivity index (χ3v) is 5.73. The molecule has 0 bridgehead atoms. The number of aliphatic hydroxyl groups excluding tert-OH is 1. The zero-order valence-electron chi connectivity index (χ0n) is 14.8. The maximum Gasteiger partial charge on any atom is 0.259 e. The molecule has 0 saturated carbocycles. The molecule has 0 spiro atoms. The van der Waals surface area contributed by atoms with E-state index in [9.17, 15) is 9.90 Å². The van der Waals surface area contributed by atoms with E-state index in [1.165, 1.54) is 10.4 Å². The third kappa shape index (κ3) is 3.87. The molecular formula is C18H27N3O2S. The monoisotopic (exact) mass is 349 g/mol. The minimum Gasteiger partial charge on any atom is -0.392 e. The number of thiophene rings is 1. The van der Waals surface area contributed by atoms with Crippen molar-refractivity contribution in [2.24, 2.45) is 5.92 Å². The minimum atomic E-state index is -0.391. The number of aryl methyl sites for hydroxylation is 2. The van der Waals surface area contributed by atoms with E-state index >= 15 is 0 Å². The van der Waals surface area contributed by atoms with Gasteiger partial charge in [-0.25, -0.2) is 4.98 Å². The number of aliphatic hydroxyl groups is 1. The first-order valence-electron chi connectivity index (χ1n) is 8.88. The summed E-state index contributed by atoms with van der Waals surface area (Å²) in [4.78, 5) is 24.6. The number of H-pyrrole nitrogens is 1. The van der Waals surface area contributed by atoms with Crippen LogP contribution < -0.4 is 5.56 Å². The SMILES string of the molecule is CC(C)CCN(Cc1nc2sc3c(c2c(=O)[nH]1)CCC3)CC(C)O. The Balaban J connectivity index is 1.83. The zero-order chi connectivity index (χ0) is 17.3. The summed E-state index contributed by atoms with van der Waals surface area (Å²) in [6.45, 7) is 8.25. The van der Waals surface area contributed by atoms with Crippen molar-refractivity contribution in [1.29, 1.82) is 0 Å². The fraction of sp³-hybridized carbons (Fsp3) is 0.667. The zero-order valence-corrected chi connectivity index (χ0v) is 15.6. The van der Waals surface area contributed by atoms with Crippen molar-refractivity contribution in [3.8, 4) is 0 Å². The van der Waals surface area contributed by atoms with Gasteiger partial charge in [0.1, 0.15) is 10.7 Å². The quantitative estimate of drug-likeness (QED) is 0.806. The van der Waals surface area contributed by atoms with Crippen LogP contribution in [0.1, 0.15) is 49.9 Å². The van der Waals surface area contributed by atoms with Crippen molar-refractivity contribution in [2.75, 3.05) is 13.1 Å². The smallest absolute Gasteiger partial charge is 0.259 e. The van der Waals surface area contributed by atoms with E-state index < -0.39 is 6.10 Å². The molecule has 132 valence electrons. The maximum atomic E-state index is 12.5. The van der Waals surface area contributed by atoms with Gasteiger partial charge in [-0.1, -0.05) is 13.8 Å². The molecule has 1 aliphatic rings. The molecule has 0 saturated heterocycles. The molecule has 2 heterocycles. The number of nitrogens with zero attached hydrogens (tertiary/aromatic N) is 2. The molecule has 2 aromatic heterocycles. The summed E-state index contributed by atoms with van der Waals surface area (Å²) in [5, 5.41) is 10.5. The van der Waals surface area contributed by atoms with Crippen molar-refractivity contribution >= 4 is 21.6 Å². The summed E-state index contributed by atoms with van der Waals surface area (Å²) < 4.78 is 0. The average molecular weight is 350 g/mol. The molecule has 5 nitrogen and oxygen atoms in total. The van der Waals surface area contributed by atoms with Gasteiger partial charge in [0.15, 0.2) is 0 Å². The first-order chi connectivity index (χ1) is 11.4. The lowest BCUT2D eigenvalue weighted by Gasteiger charge is -2.24. The van der Waals surface area contributed by atoms with Gasteiger partial charge in [0.05, 0.1) is 18.0 Å². The molecule has 3 rings (SSSR count). The molecule has 0 fully saturated rings. The van der Waals surface area contributed by atoms with Gasteiger partial charge < -0.3 is 10.1 Å². The minimum absolute atomic E-state index is 0.00439. The van der Waals surface area contributed by atoms with Crippen LogP contribution in [0.4, 0.5) is 0 Å². The Bertz CT molecular complexity index is 763. The lowest BCUT2D eigenvalue weighted by Crippen LogP contribution is -2.33. The highest BCUT2D eigenvalue weighted by atomic mass is 32.1. The van der Waals surface area contributed by atoms with E-state index in [2.05, 4.69) is 23.7 Å². The number of aromatic amines is 1. The molecule has 0 radical (unpaired) electrons. The number of fused-ring (bicyclic) bond motifs is 3. The van der Waals surface area contributed by atoms with Gasteiger partial charge >= 0.3 is 0 Å². The molecule has 0 aliphatic heterocycles. The molecule has 2 aromatic rings. The first-order valence-corrected chi connectivity index (χ1v) is 9.69. The third-order valence-electron chi connectivity index (χ3n) is 4.54. The summed E-state index contributed by atoms with van der Waals surface area (Å²) in [6.07, 6.45) is 3.90. The van der Waals surface area contributed by atoms with Gasteiger partial charge in [-0.05, 0) is 50.6 Å². The Hall–Kier alpha value is -1.24. The highest BCUT2D eigenvalue weighted by Crippen LogP contribution is 2.34. The van der Waals surface area contributed by atoms with Crippen LogP contribution in [0.15, 0.2) is 4.79 Å². The Kier molecular flexibility index (Phi) is 5.37. The lowest BCUT2D eigenvalue weighted by atomic mass is 10.1. The summed E-state index contributed by atoms with van der Waals surface area (Å²) in [5.74, 6) is 1.31. The van der Waals surface area contributed by atoms with Crippen LogP contribution in [0, 0.1) is 5.92 Å². The second-order valence-electron chi connectivity index (χ2n) is 7.32. The summed E-state index contributed by atoms with van der Waals surface area (Å²) in [7, 11) is 0. The number of rotatable bonds is 7. The van der Waals surface area contributed by atoms with Crippen LogP contribution in [-0.4, -0.2) is 39.2 Å². The van der Waals surface area contributed by atoms with Crippen LogP contribution in [0.3, 0.4) is 0 Å². The number of nitrogens with one attached hydrogen (secondary N) is 1. The molecule has 0 aromatic carbocycles. The highest BCUT2D eigenvalue weighted by molar-refractivity contribution is 7.18. The molecule has 1 aliphatic carbocycles. The molecule has 1 unspecified atom stereocenters. The summed E-state index contributed by atoms with van der Waals surface area (Å²) in [5.41, 5.74) is 1.21. The van der Waals surface area contributed by atoms with Crippen molar-refractivity contribution in [1.82, 2.24) is 14.9 Å². The normalized spacial score (nSPS) is 15.6. The number of aromatic nitrogens is 2. The Morgan fingerprint density at radius 1 is 1.33 bits per heavy atom. The van der Waals surface area contributed by atoms with E-state index in [4.69, 9.17) is 4.98 Å². The largest absolute Gasteiger partial charge is 0.392 e. The van der Waals surface area contributed by atoms with Crippen molar-refractivity contribution < 1.29 is 5.11 Å². The number of hydrogen-bond donors (Lipinski definition) is 2. The molecule has 2 N–H and O–H groups in total. The Labute approximate surface area is 146 Å². The van der Waals surface area contributed by atoms with E-state index in [1.807, 2.05) is 0 Å². The van der Waals surface area contributed by atoms with Crippen LogP contribution in [0.5, 0.6) is 0 Å². The molecule has 6 heteroatoms. The average Bonchev–Trinajstić information content (AvgIpc) is 3.04. The van der Waals surface area contributed by atoms with Gasteiger partial charge in [-0.3, -0.25) is 9.69 Å². The van der Waals surface area contributed by atoms with Crippen molar-refractivity contribution in [2.45, 2.75) is 59.1 Å². The van der Waals surface area contributed by atoms with Gasteiger partial charge in [-0.15, -0.1) is 11.3 Å². The van der Waals surface area contributed by atoms with Gasteiger partial charge in [-0.2, -0.15) is 0 Å². The van der Waals surface area contributed by atoms with Gasteiger partial charge in [0.25, 0.3) is 5.56 Å². The second-order valence-corrected chi connectivity index (χ2v) is 8.40. The van der Waals surface area contributed by atoms with E-state index in [1.54, 1.807) is 18.3 Å². The van der Waals surface area contributed by atoms with Crippen molar-refractivity contribution in [3.05, 3.63) is 26.6 Å². The van der Waals surface area contributed by atoms with E-state index in [-0.39, 0.29) is 5.56 Å². The van der Waals surface area contributed by atoms with E-state index in [0.29, 0.717) is 24.8 Å². The molecule has 1 atom stereocenters. The second kappa shape index (κ2) is 7.33. The summed E-state index contributed by atoms with van der Waals surface area (Å²) >= 11 is 1.67. The first kappa shape index (κ1) is 17.6. The fourth-order valence-electron chi connectivity index (χ4n) is 3.38. The van der Waals surface area contributed by atoms with Crippen molar-refractivity contribution in [3.63, 3.8) is 0 Å². The number of hydrogen-bond acceptors (Lipinski definition) is 5. The fourth-order valence-corrected chi connectivity index (χ4v) is 4.66. The predicted octanol–water partition coefficient (Wildman–Crippen LogP) is 2.70. The van der Waals surface area contributed by atoms with Gasteiger partial charge in [0, 0.05) is 11.4 Å². The van der Waals surface area contributed by atoms with Gasteiger partial charge in [0.2, 0.25) is 0 Å². The summed E-state index contributed by atoms with van der Waals surface area (Å²) in [6, 6.07) is 0. The predicted molar refractivity (Wildman–Crippen MR) is 98.7 cm³/mol. The standard InChI is InChI=1S/C18H27N3O2S/c1-11(2)7-8-21(9-12(3)22)10-15-19-17(23)16-13-5-4-6-14(13)24-18(16)20-15/h11-12,22H,4-10H2,1-3H3,(H,19,20,23). The molecule has 24 heavy (non-hydrogen) atoms. The van der Waals surface area contributed by atoms with Crippen LogP contribution >= 0.6 is 11.3 Å². The van der Waals surface area contributed by atoms with Crippen LogP contribution in [-0.2, 0) is 19.4 Å². The van der Waals surface area contributed by atoms with Crippen LogP contribution in [0.2, 0.25) is 0 Å². The highest BCUT2D eigenvalue weighted by Gasteiger charge is 2.21.